The molecule has 6 heteroatoms. The third kappa shape index (κ3) is 3.90. The summed E-state index contributed by atoms with van der Waals surface area (Å²) in [5, 5.41) is 6.61. The molecule has 6 aromatic carbocycles. The third-order valence-corrected chi connectivity index (χ3v) is 10.2. The van der Waals surface area contributed by atoms with Gasteiger partial charge < -0.3 is 8.82 Å². The Morgan fingerprint density at radius 1 is 0.588 bits per heavy atom. The number of rotatable bonds is 5. The van der Waals surface area contributed by atoms with Crippen LogP contribution >= 0.6 is 0 Å². The first-order chi connectivity index (χ1) is 25.3. The summed E-state index contributed by atoms with van der Waals surface area (Å²) in [5.74, 6) is 1.46. The van der Waals surface area contributed by atoms with Crippen molar-refractivity contribution in [3.05, 3.63) is 157 Å². The van der Waals surface area contributed by atoms with E-state index in [4.69, 9.17) is 14.4 Å². The van der Waals surface area contributed by atoms with Gasteiger partial charge in [0.2, 0.25) is 0 Å². The maximum absolute atomic E-state index is 5.94. The van der Waals surface area contributed by atoms with Gasteiger partial charge >= 0.3 is 0 Å². The minimum Gasteiger partial charge on any atom is -0.443 e. The molecular weight excluding hydrogens is 627 g/mol. The highest BCUT2D eigenvalue weighted by Crippen LogP contribution is 2.43. The molecule has 0 spiro atoms. The molecule has 5 heterocycles. The topological polar surface area (TPSA) is 61.2 Å². The van der Waals surface area contributed by atoms with E-state index in [-0.39, 0.29) is 0 Å². The lowest BCUT2D eigenvalue weighted by molar-refractivity contribution is 0.605. The maximum atomic E-state index is 5.94. The van der Waals surface area contributed by atoms with Crippen LogP contribution in [-0.4, -0.2) is 23.9 Å². The molecule has 0 bridgehead atoms. The van der Waals surface area contributed by atoms with Gasteiger partial charge in [0.05, 0.1) is 38.7 Å². The molecule has 6 nitrogen and oxygen atoms in total. The summed E-state index contributed by atoms with van der Waals surface area (Å²) in [6.45, 7) is 4.25. The van der Waals surface area contributed by atoms with E-state index in [0.29, 0.717) is 5.82 Å². The molecule has 0 aliphatic rings. The zero-order valence-corrected chi connectivity index (χ0v) is 27.3. The van der Waals surface area contributed by atoms with Gasteiger partial charge in [0.25, 0.3) is 0 Å². The van der Waals surface area contributed by atoms with Crippen molar-refractivity contribution in [2.45, 2.75) is 0 Å². The van der Waals surface area contributed by atoms with Crippen molar-refractivity contribution >= 4 is 89.2 Å². The van der Waals surface area contributed by atoms with Crippen LogP contribution in [0, 0.1) is 0 Å². The SMILES string of the molecule is C=Cc1c(/C=C/c2nc(-n3c4ccccc4c4cc(-c5ccccc5)ccc43)c3ccccc3n2)c2cc3ncoc3c3c4ccccc4n1c23. The second-order valence-corrected chi connectivity index (χ2v) is 12.9. The first kappa shape index (κ1) is 27.9. The molecule has 0 amide bonds. The van der Waals surface area contributed by atoms with Crippen molar-refractivity contribution in [3.8, 4) is 16.9 Å². The van der Waals surface area contributed by atoms with E-state index >= 15 is 0 Å². The van der Waals surface area contributed by atoms with Crippen LogP contribution in [-0.2, 0) is 0 Å². The highest BCUT2D eigenvalue weighted by molar-refractivity contribution is 6.26. The zero-order chi connectivity index (χ0) is 33.6. The fraction of sp³-hybridized carbons (Fsp3) is 0. The fourth-order valence-electron chi connectivity index (χ4n) is 8.06. The lowest BCUT2D eigenvalue weighted by Crippen LogP contribution is -2.02. The Labute approximate surface area is 291 Å². The molecule has 0 radical (unpaired) electrons. The number of hydrogen-bond donors (Lipinski definition) is 0. The van der Waals surface area contributed by atoms with E-state index in [9.17, 15) is 0 Å². The van der Waals surface area contributed by atoms with Crippen molar-refractivity contribution < 1.29 is 4.42 Å². The summed E-state index contributed by atoms with van der Waals surface area (Å²) in [4.78, 5) is 14.9. The summed E-state index contributed by atoms with van der Waals surface area (Å²) in [7, 11) is 0. The van der Waals surface area contributed by atoms with E-state index in [0.717, 1.165) is 77.3 Å². The molecule has 0 N–H and O–H groups in total. The molecule has 5 aromatic heterocycles. The second kappa shape index (κ2) is 10.5. The van der Waals surface area contributed by atoms with Gasteiger partial charge in [0, 0.05) is 32.5 Å². The molecule has 0 unspecified atom stereocenters. The van der Waals surface area contributed by atoms with E-state index in [1.807, 2.05) is 18.2 Å². The summed E-state index contributed by atoms with van der Waals surface area (Å²) in [5.41, 5.74) is 11.3. The smallest absolute Gasteiger partial charge is 0.182 e. The number of oxazole rings is 1. The fourth-order valence-corrected chi connectivity index (χ4v) is 8.06. The van der Waals surface area contributed by atoms with Gasteiger partial charge in [-0.25, -0.2) is 15.0 Å². The minimum atomic E-state index is 0.617. The molecule has 0 saturated carbocycles. The van der Waals surface area contributed by atoms with Crippen LogP contribution in [0.15, 0.2) is 145 Å². The van der Waals surface area contributed by atoms with Gasteiger partial charge in [-0.15, -0.1) is 0 Å². The van der Waals surface area contributed by atoms with Gasteiger partial charge in [-0.1, -0.05) is 91.5 Å². The molecule has 0 saturated heterocycles. The predicted octanol–water partition coefficient (Wildman–Crippen LogP) is 11.3. The van der Waals surface area contributed by atoms with Gasteiger partial charge in [-0.3, -0.25) is 4.57 Å². The monoisotopic (exact) mass is 653 g/mol. The summed E-state index contributed by atoms with van der Waals surface area (Å²) < 4.78 is 10.5. The van der Waals surface area contributed by atoms with E-state index in [1.54, 1.807) is 0 Å². The van der Waals surface area contributed by atoms with Crippen LogP contribution in [0.3, 0.4) is 0 Å². The van der Waals surface area contributed by atoms with Crippen LogP contribution in [0.2, 0.25) is 0 Å². The average molecular weight is 654 g/mol. The zero-order valence-electron chi connectivity index (χ0n) is 27.3. The number of benzene rings is 6. The molecule has 0 fully saturated rings. The second-order valence-electron chi connectivity index (χ2n) is 12.9. The number of fused-ring (bicyclic) bond motifs is 9. The first-order valence-corrected chi connectivity index (χ1v) is 17.0. The largest absolute Gasteiger partial charge is 0.443 e. The Balaban J connectivity index is 1.14. The summed E-state index contributed by atoms with van der Waals surface area (Å²) >= 11 is 0. The van der Waals surface area contributed by atoms with Crippen LogP contribution in [0.4, 0.5) is 0 Å². The van der Waals surface area contributed by atoms with Crippen molar-refractivity contribution in [2.75, 3.05) is 0 Å². The molecule has 0 aliphatic heterocycles. The third-order valence-electron chi connectivity index (χ3n) is 10.2. The normalized spacial score (nSPS) is 12.3. The minimum absolute atomic E-state index is 0.617. The number of nitrogens with zero attached hydrogens (tertiary/aromatic N) is 5. The van der Waals surface area contributed by atoms with Crippen molar-refractivity contribution in [1.82, 2.24) is 23.9 Å². The van der Waals surface area contributed by atoms with Gasteiger partial charge in [0.1, 0.15) is 11.3 Å². The Kier molecular flexibility index (Phi) is 5.72. The Bertz CT molecular complexity index is 3220. The van der Waals surface area contributed by atoms with E-state index in [2.05, 4.69) is 148 Å². The van der Waals surface area contributed by atoms with Gasteiger partial charge in [-0.05, 0) is 71.8 Å². The van der Waals surface area contributed by atoms with Crippen LogP contribution in [0.25, 0.3) is 106 Å². The molecular formula is C45H27N5O. The molecule has 11 aromatic rings. The van der Waals surface area contributed by atoms with Crippen LogP contribution in [0.5, 0.6) is 0 Å². The molecule has 0 atom stereocenters. The average Bonchev–Trinajstić information content (AvgIpc) is 3.95. The Hall–Kier alpha value is -7.05. The highest BCUT2D eigenvalue weighted by atomic mass is 16.3. The van der Waals surface area contributed by atoms with Crippen LogP contribution in [0.1, 0.15) is 17.1 Å². The highest BCUT2D eigenvalue weighted by Gasteiger charge is 2.23. The molecule has 51 heavy (non-hydrogen) atoms. The van der Waals surface area contributed by atoms with Crippen LogP contribution < -0.4 is 0 Å². The summed E-state index contributed by atoms with van der Waals surface area (Å²) in [6.07, 6.45) is 7.58. The van der Waals surface area contributed by atoms with E-state index < -0.39 is 0 Å². The predicted molar refractivity (Wildman–Crippen MR) is 209 cm³/mol. The Morgan fingerprint density at radius 2 is 1.33 bits per heavy atom. The number of para-hydroxylation sites is 3. The van der Waals surface area contributed by atoms with E-state index in [1.165, 1.54) is 28.3 Å². The first-order valence-electron chi connectivity index (χ1n) is 17.0. The number of hydrogen-bond acceptors (Lipinski definition) is 4. The van der Waals surface area contributed by atoms with Gasteiger partial charge in [-0.2, -0.15) is 0 Å². The molecule has 238 valence electrons. The molecule has 0 aliphatic carbocycles. The number of aromatic nitrogens is 5. The maximum Gasteiger partial charge on any atom is 0.182 e. The van der Waals surface area contributed by atoms with Crippen molar-refractivity contribution in [2.24, 2.45) is 0 Å². The Morgan fingerprint density at radius 3 is 2.20 bits per heavy atom. The quantitative estimate of drug-likeness (QED) is 0.185. The lowest BCUT2D eigenvalue weighted by Gasteiger charge is -2.11. The lowest BCUT2D eigenvalue weighted by atomic mass is 10.0. The van der Waals surface area contributed by atoms with Crippen molar-refractivity contribution in [3.63, 3.8) is 0 Å². The van der Waals surface area contributed by atoms with Crippen molar-refractivity contribution in [1.29, 1.82) is 0 Å². The molecule has 11 rings (SSSR count). The standard InChI is InChI=1S/C45H27N5O/c1-2-37-30(34-25-36-44(51-26-46-36)42-32-16-8-11-19-39(32)49(37)43(34)42)21-23-41-47-35-17-9-6-15-31(35)45(48-41)50-38-18-10-7-14-29(38)33-24-28(20-22-40(33)50)27-12-4-3-5-13-27/h2-26H,1H2/b23-21+. The van der Waals surface area contributed by atoms with Gasteiger partial charge in [0.15, 0.2) is 17.8 Å². The summed E-state index contributed by atoms with van der Waals surface area (Å²) in [6, 6.07) is 44.6.